The minimum absolute atomic E-state index is 0.0185. The number of imide groups is 1. The second kappa shape index (κ2) is 35.1. The minimum atomic E-state index is -1.21. The number of aromatic nitrogens is 2. The number of benzene rings is 2. The summed E-state index contributed by atoms with van der Waals surface area (Å²) in [4.78, 5) is 121. The number of nitrogens with one attached hydrogen (secondary N) is 1. The van der Waals surface area contributed by atoms with Crippen molar-refractivity contribution >= 4 is 64.6 Å². The normalized spacial score (nSPS) is 13.4. The Hall–Kier alpha value is -7.31. The number of pyridine rings is 1. The number of ketones is 3. The molecule has 454 valence electrons. The molecule has 3 heterocycles. The molecular formula is C61H76F2N6O14S. The summed E-state index contributed by atoms with van der Waals surface area (Å²) in [5, 5.41) is 12.8. The molecule has 0 bridgehead atoms. The van der Waals surface area contributed by atoms with Crippen LogP contribution in [0.4, 0.5) is 8.78 Å². The predicted octanol–water partition coefficient (Wildman–Crippen LogP) is 6.26. The van der Waals surface area contributed by atoms with Crippen LogP contribution in [0.5, 0.6) is 0 Å². The van der Waals surface area contributed by atoms with E-state index in [1.165, 1.54) is 12.4 Å². The van der Waals surface area contributed by atoms with Crippen molar-refractivity contribution < 1.29 is 76.0 Å². The number of nitrogens with two attached hydrogens (primary N) is 1. The predicted molar refractivity (Wildman–Crippen MR) is 308 cm³/mol. The molecule has 2 aromatic heterocycles. The van der Waals surface area contributed by atoms with E-state index >= 15 is 4.39 Å². The fourth-order valence-corrected chi connectivity index (χ4v) is 10.3. The van der Waals surface area contributed by atoms with E-state index in [0.717, 1.165) is 52.6 Å². The number of halogens is 2. The zero-order chi connectivity index (χ0) is 61.0. The number of primary amides is 1. The molecular weight excluding hydrogens is 1110 g/mol. The molecule has 2 aromatic carbocycles. The van der Waals surface area contributed by atoms with Crippen molar-refractivity contribution in [1.29, 1.82) is 0 Å². The third-order valence-corrected chi connectivity index (χ3v) is 14.5. The second-order valence-electron chi connectivity index (χ2n) is 21.2. The average Bonchev–Trinajstić information content (AvgIpc) is 2.25. The van der Waals surface area contributed by atoms with Gasteiger partial charge in [-0.15, -0.1) is 0 Å². The Morgan fingerprint density at radius 3 is 2.02 bits per heavy atom. The van der Waals surface area contributed by atoms with E-state index in [2.05, 4.69) is 10.3 Å². The van der Waals surface area contributed by atoms with Gasteiger partial charge in [0.15, 0.2) is 11.6 Å². The van der Waals surface area contributed by atoms with Gasteiger partial charge in [0.25, 0.3) is 11.8 Å². The van der Waals surface area contributed by atoms with Crippen LogP contribution >= 0.6 is 11.8 Å². The van der Waals surface area contributed by atoms with Gasteiger partial charge in [-0.3, -0.25) is 53.0 Å². The van der Waals surface area contributed by atoms with Crippen molar-refractivity contribution in [2.45, 2.75) is 97.2 Å². The molecule has 5 rings (SSSR count). The summed E-state index contributed by atoms with van der Waals surface area (Å²) in [7, 11) is 0. The number of hydrogen-bond donors (Lipinski definition) is 3. The van der Waals surface area contributed by atoms with E-state index in [4.69, 9.17) is 24.7 Å². The van der Waals surface area contributed by atoms with E-state index in [0.29, 0.717) is 49.6 Å². The first-order chi connectivity index (χ1) is 40.2. The molecule has 1 aliphatic rings. The smallest absolute Gasteiger partial charge is 0.307 e. The van der Waals surface area contributed by atoms with E-state index < -0.39 is 76.9 Å². The number of amides is 5. The van der Waals surface area contributed by atoms with Gasteiger partial charge in [-0.05, 0) is 72.2 Å². The number of aliphatic carboxylic acids is 1. The molecule has 4 N–H and O–H groups in total. The van der Waals surface area contributed by atoms with E-state index in [1.807, 2.05) is 55.7 Å². The maximum atomic E-state index is 15.5. The monoisotopic (exact) mass is 1190 g/mol. The van der Waals surface area contributed by atoms with Crippen LogP contribution in [0.1, 0.15) is 95.0 Å². The van der Waals surface area contributed by atoms with Gasteiger partial charge in [0, 0.05) is 98.7 Å². The van der Waals surface area contributed by atoms with Crippen molar-refractivity contribution in [3.8, 4) is 11.1 Å². The number of unbranched alkanes of at least 4 members (excludes halogenated alkanes) is 1. The lowest BCUT2D eigenvalue weighted by Gasteiger charge is -2.41. The van der Waals surface area contributed by atoms with Gasteiger partial charge in [0.05, 0.1) is 89.4 Å². The van der Waals surface area contributed by atoms with Crippen LogP contribution in [0.2, 0.25) is 0 Å². The van der Waals surface area contributed by atoms with Crippen molar-refractivity contribution in [3.05, 3.63) is 126 Å². The number of rotatable bonds is 41. The number of thioether (sulfide) groups is 1. The van der Waals surface area contributed by atoms with Gasteiger partial charge in [0.1, 0.15) is 17.4 Å². The average molecular weight is 1190 g/mol. The summed E-state index contributed by atoms with van der Waals surface area (Å²) in [5.41, 5.74) is 7.30. The Kier molecular flexibility index (Phi) is 28.2. The SMILES string of the molecule is CC(C)(C)[C@H](c1cc(-c2cc(F)ccc2F)cn1Cc1ccccc1)N(CCCCC(=O)[C@H](CC(N)=O)NC(=O)Cc1ccncc1)C(=O)CSC[C@H](CC(=O)CCOCCOCCOCCOCCCC(=O)CN1C(=O)C=CC1=O)C(=O)O. The fourth-order valence-electron chi connectivity index (χ4n) is 9.27. The van der Waals surface area contributed by atoms with Crippen LogP contribution < -0.4 is 11.1 Å². The maximum Gasteiger partial charge on any atom is 0.307 e. The highest BCUT2D eigenvalue weighted by Gasteiger charge is 2.38. The zero-order valence-corrected chi connectivity index (χ0v) is 48.6. The first kappa shape index (κ1) is 67.5. The van der Waals surface area contributed by atoms with Gasteiger partial charge in [-0.1, -0.05) is 51.1 Å². The Morgan fingerprint density at radius 2 is 1.39 bits per heavy atom. The molecule has 0 unspecified atom stereocenters. The Labute approximate surface area is 492 Å². The van der Waals surface area contributed by atoms with Gasteiger partial charge in [0.2, 0.25) is 17.7 Å². The zero-order valence-electron chi connectivity index (χ0n) is 47.8. The van der Waals surface area contributed by atoms with E-state index in [-0.39, 0.29) is 126 Å². The molecule has 1 aliphatic heterocycles. The summed E-state index contributed by atoms with van der Waals surface area (Å²) in [6.07, 6.45) is 7.23. The van der Waals surface area contributed by atoms with Crippen molar-refractivity contribution in [1.82, 2.24) is 24.7 Å². The van der Waals surface area contributed by atoms with Crippen LogP contribution in [-0.4, -0.2) is 161 Å². The van der Waals surface area contributed by atoms with Crippen LogP contribution in [0, 0.1) is 23.0 Å². The third-order valence-electron chi connectivity index (χ3n) is 13.4. The number of nitrogens with zero attached hydrogens (tertiary/aromatic N) is 4. The number of carboxylic acids is 1. The highest BCUT2D eigenvalue weighted by Crippen LogP contribution is 2.42. The number of carbonyl (C=O) groups excluding carboxylic acids is 8. The minimum Gasteiger partial charge on any atom is -0.481 e. The lowest BCUT2D eigenvalue weighted by atomic mass is 9.82. The van der Waals surface area contributed by atoms with Crippen LogP contribution in [0.25, 0.3) is 11.1 Å². The topological polar surface area (TPSA) is 273 Å². The molecule has 23 heteroatoms. The summed E-state index contributed by atoms with van der Waals surface area (Å²) in [6.45, 7) is 7.82. The molecule has 0 fully saturated rings. The molecule has 84 heavy (non-hydrogen) atoms. The van der Waals surface area contributed by atoms with Crippen LogP contribution in [-0.2, 0) is 75.1 Å². The summed E-state index contributed by atoms with van der Waals surface area (Å²) in [6, 6.07) is 15.8. The third kappa shape index (κ3) is 23.4. The molecule has 20 nitrogen and oxygen atoms in total. The first-order valence-corrected chi connectivity index (χ1v) is 29.0. The number of carbonyl (C=O) groups is 9. The summed E-state index contributed by atoms with van der Waals surface area (Å²) in [5.74, 6) is -7.57. The highest BCUT2D eigenvalue weighted by molar-refractivity contribution is 7.99. The lowest BCUT2D eigenvalue weighted by Crippen LogP contribution is -2.44. The number of Topliss-reactive ketones (excluding diaryl/α,β-unsaturated/α-hetero) is 3. The van der Waals surface area contributed by atoms with Gasteiger partial charge in [-0.2, -0.15) is 11.8 Å². The number of hydrogen-bond acceptors (Lipinski definition) is 15. The summed E-state index contributed by atoms with van der Waals surface area (Å²) >= 11 is 1.06. The molecule has 5 amide bonds. The molecule has 3 atom stereocenters. The van der Waals surface area contributed by atoms with Gasteiger partial charge < -0.3 is 44.6 Å². The fraction of sp³-hybridized carbons (Fsp3) is 0.475. The second-order valence-corrected chi connectivity index (χ2v) is 22.3. The van der Waals surface area contributed by atoms with Gasteiger partial charge >= 0.3 is 5.97 Å². The highest BCUT2D eigenvalue weighted by atomic mass is 32.2. The van der Waals surface area contributed by atoms with Crippen molar-refractivity contribution in [2.24, 2.45) is 17.1 Å². The quantitative estimate of drug-likeness (QED) is 0.0327. The molecule has 0 saturated heterocycles. The lowest BCUT2D eigenvalue weighted by molar-refractivity contribution is -0.143. The molecule has 0 saturated carbocycles. The van der Waals surface area contributed by atoms with Crippen LogP contribution in [0.15, 0.2) is 97.5 Å². The molecule has 4 aromatic rings. The van der Waals surface area contributed by atoms with E-state index in [9.17, 15) is 52.6 Å². The van der Waals surface area contributed by atoms with Crippen molar-refractivity contribution in [2.75, 3.05) is 77.5 Å². The first-order valence-electron chi connectivity index (χ1n) is 27.9. The van der Waals surface area contributed by atoms with Gasteiger partial charge in [-0.25, -0.2) is 8.78 Å². The largest absolute Gasteiger partial charge is 0.481 e. The number of carboxylic acid groups (broad SMARTS) is 1. The number of ether oxygens (including phenoxy) is 4. The Balaban J connectivity index is 1.15. The summed E-state index contributed by atoms with van der Waals surface area (Å²) < 4.78 is 54.1. The standard InChI is InChI=1S/C61H76F2N6O14S/c1-61(2,3)59(52-34-44(49-35-46(62)14-15-50(49)63)38-67(52)37-43-10-5-4-6-11-43)68(23-8-7-13-53(72)51(36-54(64)73)66-55(74)32-42-18-21-65-22-19-42)58(77)41-84-40-45(60(78)79)33-47(70)20-25-81-27-29-83-31-30-82-28-26-80-24-9-12-48(71)39-69-56(75)16-17-57(69)76/h4-6,10-11,14-19,21-22,34-35,38,45,51,59H,7-9,12-13,20,23-33,36-37,39-41H2,1-3H3,(H2,64,73)(H,66,74)(H,78,79)/t45-,51-,59-/m0/s1. The maximum absolute atomic E-state index is 15.5. The van der Waals surface area contributed by atoms with E-state index in [1.54, 1.807) is 29.3 Å². The van der Waals surface area contributed by atoms with Crippen molar-refractivity contribution in [3.63, 3.8) is 0 Å². The Morgan fingerprint density at radius 1 is 0.750 bits per heavy atom. The molecule has 0 aliphatic carbocycles. The molecule has 0 radical (unpaired) electrons. The van der Waals surface area contributed by atoms with Crippen LogP contribution in [0.3, 0.4) is 0 Å². The molecule has 0 spiro atoms. The Bertz CT molecular complexity index is 2870.